The third-order valence-electron chi connectivity index (χ3n) is 3.98. The second-order valence-corrected chi connectivity index (χ2v) is 5.51. The lowest BCUT2D eigenvalue weighted by Crippen LogP contribution is -2.36. The highest BCUT2D eigenvalue weighted by molar-refractivity contribution is 5.78. The Hall–Kier alpha value is -2.59. The Morgan fingerprint density at radius 3 is 2.04 bits per heavy atom. The van der Waals surface area contributed by atoms with E-state index in [1.54, 1.807) is 0 Å². The zero-order valence-electron chi connectivity index (χ0n) is 12.8. The van der Waals surface area contributed by atoms with Gasteiger partial charge in [-0.05, 0) is 0 Å². The Morgan fingerprint density at radius 2 is 1.39 bits per heavy atom. The Kier molecular flexibility index (Phi) is 3.82. The summed E-state index contributed by atoms with van der Waals surface area (Å²) in [6.07, 6.45) is 0. The fourth-order valence-electron chi connectivity index (χ4n) is 2.78. The topological polar surface area (TPSA) is 38.5 Å². The number of nitrogens with zero attached hydrogens (tertiary/aromatic N) is 2. The predicted molar refractivity (Wildman–Crippen MR) is 90.4 cm³/mol. The fourth-order valence-corrected chi connectivity index (χ4v) is 2.78. The van der Waals surface area contributed by atoms with Gasteiger partial charge in [0.05, 0.1) is 13.2 Å². The first-order valence-electron chi connectivity index (χ1n) is 7.86. The van der Waals surface area contributed by atoms with Crippen LogP contribution in [-0.4, -0.2) is 31.3 Å². The molecule has 0 spiro atoms. The number of anilines is 1. The van der Waals surface area contributed by atoms with Crippen molar-refractivity contribution in [3.8, 4) is 22.6 Å². The number of morpholine rings is 1. The normalized spacial score (nSPS) is 14.9. The minimum atomic E-state index is 0.672. The Balaban J connectivity index is 1.81. The van der Waals surface area contributed by atoms with Gasteiger partial charge in [0.2, 0.25) is 0 Å². The molecular weight excluding hydrogens is 288 g/mol. The van der Waals surface area contributed by atoms with Gasteiger partial charge >= 0.3 is 0 Å². The molecule has 1 aliphatic rings. The number of oxazole rings is 1. The van der Waals surface area contributed by atoms with Crippen LogP contribution in [0, 0.1) is 0 Å². The Morgan fingerprint density at radius 1 is 0.783 bits per heavy atom. The summed E-state index contributed by atoms with van der Waals surface area (Å²) in [5.41, 5.74) is 2.99. The van der Waals surface area contributed by atoms with Crippen LogP contribution >= 0.6 is 0 Å². The maximum Gasteiger partial charge on any atom is 0.298 e. The van der Waals surface area contributed by atoms with Crippen molar-refractivity contribution in [2.75, 3.05) is 31.2 Å². The summed E-state index contributed by atoms with van der Waals surface area (Å²) in [7, 11) is 0. The van der Waals surface area contributed by atoms with Gasteiger partial charge in [-0.25, -0.2) is 0 Å². The van der Waals surface area contributed by atoms with Crippen LogP contribution in [0.4, 0.5) is 6.01 Å². The van der Waals surface area contributed by atoms with Crippen LogP contribution in [0.2, 0.25) is 0 Å². The molecule has 0 N–H and O–H groups in total. The summed E-state index contributed by atoms with van der Waals surface area (Å²) in [5, 5.41) is 0. The number of hydrogen-bond acceptors (Lipinski definition) is 4. The Bertz CT molecular complexity index is 706. The molecule has 0 bridgehead atoms. The zero-order chi connectivity index (χ0) is 15.5. The maximum absolute atomic E-state index is 6.15. The molecule has 4 nitrogen and oxygen atoms in total. The highest BCUT2D eigenvalue weighted by atomic mass is 16.5. The second-order valence-electron chi connectivity index (χ2n) is 5.51. The highest BCUT2D eigenvalue weighted by Crippen LogP contribution is 2.35. The average Bonchev–Trinajstić information content (AvgIpc) is 3.09. The smallest absolute Gasteiger partial charge is 0.298 e. The van der Waals surface area contributed by atoms with E-state index >= 15 is 0 Å². The van der Waals surface area contributed by atoms with Crippen LogP contribution in [-0.2, 0) is 4.74 Å². The molecule has 4 heteroatoms. The average molecular weight is 306 g/mol. The van der Waals surface area contributed by atoms with Gasteiger partial charge in [-0.2, -0.15) is 4.98 Å². The molecule has 4 rings (SSSR count). The van der Waals surface area contributed by atoms with E-state index in [1.165, 1.54) is 0 Å². The van der Waals surface area contributed by atoms with Gasteiger partial charge in [-0.1, -0.05) is 60.7 Å². The summed E-state index contributed by atoms with van der Waals surface area (Å²) < 4.78 is 11.6. The minimum absolute atomic E-state index is 0.672. The maximum atomic E-state index is 6.15. The molecule has 0 radical (unpaired) electrons. The predicted octanol–water partition coefficient (Wildman–Crippen LogP) is 3.85. The summed E-state index contributed by atoms with van der Waals surface area (Å²) >= 11 is 0. The van der Waals surface area contributed by atoms with E-state index < -0.39 is 0 Å². The van der Waals surface area contributed by atoms with Crippen LogP contribution in [0.3, 0.4) is 0 Å². The van der Waals surface area contributed by atoms with Crippen LogP contribution in [0.15, 0.2) is 65.1 Å². The van der Waals surface area contributed by atoms with Crippen molar-refractivity contribution in [3.63, 3.8) is 0 Å². The number of ether oxygens (including phenoxy) is 1. The molecule has 0 unspecified atom stereocenters. The molecule has 0 saturated carbocycles. The second kappa shape index (κ2) is 6.26. The Labute approximate surface area is 135 Å². The first-order chi connectivity index (χ1) is 11.4. The molecule has 1 saturated heterocycles. The molecule has 3 aromatic rings. The third kappa shape index (κ3) is 2.85. The monoisotopic (exact) mass is 306 g/mol. The molecular formula is C19H18N2O2. The van der Waals surface area contributed by atoms with Crippen molar-refractivity contribution in [1.82, 2.24) is 4.98 Å². The van der Waals surface area contributed by atoms with Crippen molar-refractivity contribution in [3.05, 3.63) is 60.7 Å². The molecule has 1 aromatic heterocycles. The summed E-state index contributed by atoms with van der Waals surface area (Å²) in [6, 6.07) is 21.0. The van der Waals surface area contributed by atoms with E-state index in [4.69, 9.17) is 14.1 Å². The SMILES string of the molecule is c1ccc(-c2nc(N3CCOCC3)oc2-c2ccccc2)cc1. The highest BCUT2D eigenvalue weighted by Gasteiger charge is 2.22. The summed E-state index contributed by atoms with van der Waals surface area (Å²) in [6.45, 7) is 3.04. The van der Waals surface area contributed by atoms with Gasteiger partial charge in [-0.15, -0.1) is 0 Å². The van der Waals surface area contributed by atoms with Crippen molar-refractivity contribution >= 4 is 6.01 Å². The van der Waals surface area contributed by atoms with Gasteiger partial charge in [-0.3, -0.25) is 0 Å². The molecule has 1 aliphatic heterocycles. The quantitative estimate of drug-likeness (QED) is 0.737. The lowest BCUT2D eigenvalue weighted by atomic mass is 10.1. The molecule has 0 amide bonds. The third-order valence-corrected chi connectivity index (χ3v) is 3.98. The number of rotatable bonds is 3. The van der Waals surface area contributed by atoms with Gasteiger partial charge in [0.1, 0.15) is 5.69 Å². The van der Waals surface area contributed by atoms with Crippen molar-refractivity contribution in [2.45, 2.75) is 0 Å². The molecule has 1 fully saturated rings. The summed E-state index contributed by atoms with van der Waals surface area (Å²) in [5.74, 6) is 0.818. The zero-order valence-corrected chi connectivity index (χ0v) is 12.8. The van der Waals surface area contributed by atoms with Crippen molar-refractivity contribution < 1.29 is 9.15 Å². The van der Waals surface area contributed by atoms with E-state index in [-0.39, 0.29) is 0 Å². The minimum Gasteiger partial charge on any atom is -0.423 e. The fraction of sp³-hybridized carbons (Fsp3) is 0.211. The van der Waals surface area contributed by atoms with Crippen LogP contribution in [0.25, 0.3) is 22.6 Å². The van der Waals surface area contributed by atoms with Gasteiger partial charge in [0.25, 0.3) is 6.01 Å². The first-order valence-corrected chi connectivity index (χ1v) is 7.86. The van der Waals surface area contributed by atoms with Crippen LogP contribution in [0.1, 0.15) is 0 Å². The molecule has 116 valence electrons. The van der Waals surface area contributed by atoms with Gasteiger partial charge in [0.15, 0.2) is 5.76 Å². The standard InChI is InChI=1S/C19H18N2O2/c1-3-7-15(8-4-1)17-18(16-9-5-2-6-10-16)23-19(20-17)21-11-13-22-14-12-21/h1-10H,11-14H2. The van der Waals surface area contributed by atoms with Gasteiger partial charge < -0.3 is 14.1 Å². The molecule has 2 aromatic carbocycles. The molecule has 2 heterocycles. The van der Waals surface area contributed by atoms with E-state index in [0.29, 0.717) is 19.2 Å². The first kappa shape index (κ1) is 14.0. The number of hydrogen-bond donors (Lipinski definition) is 0. The lowest BCUT2D eigenvalue weighted by molar-refractivity contribution is 0.120. The molecule has 23 heavy (non-hydrogen) atoms. The van der Waals surface area contributed by atoms with Crippen LogP contribution < -0.4 is 4.90 Å². The largest absolute Gasteiger partial charge is 0.423 e. The number of benzene rings is 2. The van der Waals surface area contributed by atoms with E-state index in [2.05, 4.69) is 29.2 Å². The summed E-state index contributed by atoms with van der Waals surface area (Å²) in [4.78, 5) is 6.93. The van der Waals surface area contributed by atoms with E-state index in [0.717, 1.165) is 35.7 Å². The number of aromatic nitrogens is 1. The van der Waals surface area contributed by atoms with E-state index in [9.17, 15) is 0 Å². The van der Waals surface area contributed by atoms with Crippen molar-refractivity contribution in [1.29, 1.82) is 0 Å². The van der Waals surface area contributed by atoms with Gasteiger partial charge in [0, 0.05) is 24.2 Å². The lowest BCUT2D eigenvalue weighted by Gasteiger charge is -2.24. The van der Waals surface area contributed by atoms with Crippen LogP contribution in [0.5, 0.6) is 0 Å². The molecule has 0 aliphatic carbocycles. The molecule has 0 atom stereocenters. The van der Waals surface area contributed by atoms with Crippen molar-refractivity contribution in [2.24, 2.45) is 0 Å². The van der Waals surface area contributed by atoms with E-state index in [1.807, 2.05) is 36.4 Å².